The van der Waals surface area contributed by atoms with Crippen molar-refractivity contribution in [2.45, 2.75) is 38.8 Å². The Labute approximate surface area is 84.6 Å². The second-order valence-electron chi connectivity index (χ2n) is 3.91. The Hall–Kier alpha value is -1.09. The molecule has 0 aliphatic heterocycles. The van der Waals surface area contributed by atoms with Gasteiger partial charge < -0.3 is 5.73 Å². The van der Waals surface area contributed by atoms with E-state index in [1.807, 2.05) is 10.9 Å². The monoisotopic (exact) mass is 191 g/mol. The summed E-state index contributed by atoms with van der Waals surface area (Å²) in [6.45, 7) is 3.04. The second kappa shape index (κ2) is 3.96. The zero-order chi connectivity index (χ0) is 9.97. The fraction of sp³-hybridized carbons (Fsp3) is 0.545. The molecule has 1 aliphatic carbocycles. The minimum absolute atomic E-state index is 0.284. The van der Waals surface area contributed by atoms with Gasteiger partial charge in [0.15, 0.2) is 0 Å². The summed E-state index contributed by atoms with van der Waals surface area (Å²) in [5, 5.41) is 4.25. The van der Waals surface area contributed by atoms with E-state index in [0.717, 1.165) is 25.8 Å². The molecule has 0 spiro atoms. The van der Waals surface area contributed by atoms with Crippen molar-refractivity contribution >= 4 is 0 Å². The predicted molar refractivity (Wildman–Crippen MR) is 56.9 cm³/mol. The molecule has 1 heterocycles. The van der Waals surface area contributed by atoms with Gasteiger partial charge in [0, 0.05) is 18.8 Å². The van der Waals surface area contributed by atoms with Gasteiger partial charge in [-0.25, -0.2) is 0 Å². The SMILES string of the molecule is CCn1cc(CC2=CC(N)CC2)cn1. The van der Waals surface area contributed by atoms with E-state index < -0.39 is 0 Å². The number of hydrogen-bond donors (Lipinski definition) is 1. The van der Waals surface area contributed by atoms with Crippen LogP contribution in [0.4, 0.5) is 0 Å². The minimum atomic E-state index is 0.284. The van der Waals surface area contributed by atoms with E-state index in [-0.39, 0.29) is 6.04 Å². The normalized spacial score (nSPS) is 21.3. The van der Waals surface area contributed by atoms with Gasteiger partial charge in [-0.2, -0.15) is 5.10 Å². The van der Waals surface area contributed by atoms with E-state index in [2.05, 4.69) is 24.3 Å². The first-order valence-electron chi connectivity index (χ1n) is 5.24. The van der Waals surface area contributed by atoms with E-state index in [1.54, 1.807) is 0 Å². The fourth-order valence-corrected chi connectivity index (χ4v) is 1.90. The molecule has 0 radical (unpaired) electrons. The van der Waals surface area contributed by atoms with Crippen LogP contribution in [-0.4, -0.2) is 15.8 Å². The lowest BCUT2D eigenvalue weighted by atomic mass is 10.1. The van der Waals surface area contributed by atoms with Gasteiger partial charge in [-0.15, -0.1) is 0 Å². The quantitative estimate of drug-likeness (QED) is 0.736. The van der Waals surface area contributed by atoms with Gasteiger partial charge in [-0.3, -0.25) is 4.68 Å². The molecule has 0 saturated heterocycles. The van der Waals surface area contributed by atoms with E-state index in [1.165, 1.54) is 11.1 Å². The summed E-state index contributed by atoms with van der Waals surface area (Å²) in [6.07, 6.45) is 9.55. The van der Waals surface area contributed by atoms with Crippen molar-refractivity contribution in [3.8, 4) is 0 Å². The summed E-state index contributed by atoms with van der Waals surface area (Å²) in [5.74, 6) is 0. The summed E-state index contributed by atoms with van der Waals surface area (Å²) < 4.78 is 1.96. The lowest BCUT2D eigenvalue weighted by molar-refractivity contribution is 0.659. The van der Waals surface area contributed by atoms with Gasteiger partial charge in [0.05, 0.1) is 6.20 Å². The summed E-state index contributed by atoms with van der Waals surface area (Å²) in [5.41, 5.74) is 8.58. The van der Waals surface area contributed by atoms with Gasteiger partial charge in [0.25, 0.3) is 0 Å². The van der Waals surface area contributed by atoms with Crippen LogP contribution in [0, 0.1) is 0 Å². The van der Waals surface area contributed by atoms with Gasteiger partial charge in [-0.1, -0.05) is 11.6 Å². The summed E-state index contributed by atoms with van der Waals surface area (Å²) in [4.78, 5) is 0. The van der Waals surface area contributed by atoms with Crippen LogP contribution in [0.15, 0.2) is 24.0 Å². The van der Waals surface area contributed by atoms with Gasteiger partial charge in [0.2, 0.25) is 0 Å². The minimum Gasteiger partial charge on any atom is -0.324 e. The Balaban J connectivity index is 2.00. The van der Waals surface area contributed by atoms with Crippen LogP contribution >= 0.6 is 0 Å². The number of aromatic nitrogens is 2. The second-order valence-corrected chi connectivity index (χ2v) is 3.91. The number of rotatable bonds is 3. The van der Waals surface area contributed by atoms with Crippen LogP contribution in [0.5, 0.6) is 0 Å². The molecular weight excluding hydrogens is 174 g/mol. The molecule has 0 fully saturated rings. The molecule has 2 rings (SSSR count). The van der Waals surface area contributed by atoms with Crippen molar-refractivity contribution in [1.82, 2.24) is 9.78 Å². The molecule has 3 heteroatoms. The Bertz CT molecular complexity index is 338. The van der Waals surface area contributed by atoms with Gasteiger partial charge >= 0.3 is 0 Å². The molecule has 0 saturated carbocycles. The average molecular weight is 191 g/mol. The van der Waals surface area contributed by atoms with E-state index in [4.69, 9.17) is 5.73 Å². The summed E-state index contributed by atoms with van der Waals surface area (Å²) in [7, 11) is 0. The van der Waals surface area contributed by atoms with E-state index in [0.29, 0.717) is 0 Å². The lowest BCUT2D eigenvalue weighted by Crippen LogP contribution is -2.11. The third-order valence-electron chi connectivity index (χ3n) is 2.69. The molecule has 0 aromatic carbocycles. The lowest BCUT2D eigenvalue weighted by Gasteiger charge is -1.97. The van der Waals surface area contributed by atoms with Crippen LogP contribution in [-0.2, 0) is 13.0 Å². The first kappa shape index (κ1) is 9.46. The Morgan fingerprint density at radius 1 is 1.64 bits per heavy atom. The maximum Gasteiger partial charge on any atom is 0.0525 e. The third-order valence-corrected chi connectivity index (χ3v) is 2.69. The van der Waals surface area contributed by atoms with Crippen LogP contribution < -0.4 is 5.73 Å². The first-order chi connectivity index (χ1) is 6.78. The smallest absolute Gasteiger partial charge is 0.0525 e. The van der Waals surface area contributed by atoms with Crippen molar-refractivity contribution in [3.05, 3.63) is 29.6 Å². The van der Waals surface area contributed by atoms with E-state index in [9.17, 15) is 0 Å². The van der Waals surface area contributed by atoms with Crippen LogP contribution in [0.1, 0.15) is 25.3 Å². The van der Waals surface area contributed by atoms with Crippen LogP contribution in [0.25, 0.3) is 0 Å². The van der Waals surface area contributed by atoms with Gasteiger partial charge in [0.1, 0.15) is 0 Å². The van der Waals surface area contributed by atoms with Crippen LogP contribution in [0.2, 0.25) is 0 Å². The molecule has 0 bridgehead atoms. The molecular formula is C11H17N3. The van der Waals surface area contributed by atoms with Crippen molar-refractivity contribution in [3.63, 3.8) is 0 Å². The first-order valence-corrected chi connectivity index (χ1v) is 5.24. The van der Waals surface area contributed by atoms with Crippen LogP contribution in [0.3, 0.4) is 0 Å². The van der Waals surface area contributed by atoms with Crippen molar-refractivity contribution in [2.24, 2.45) is 5.73 Å². The topological polar surface area (TPSA) is 43.8 Å². The standard InChI is InChI=1S/C11H17N3/c1-2-14-8-10(7-13-14)5-9-3-4-11(12)6-9/h6-8,11H,2-5,12H2,1H3. The highest BCUT2D eigenvalue weighted by Gasteiger charge is 2.12. The van der Waals surface area contributed by atoms with Crippen molar-refractivity contribution < 1.29 is 0 Å². The Morgan fingerprint density at radius 2 is 2.50 bits per heavy atom. The summed E-state index contributed by atoms with van der Waals surface area (Å²) >= 11 is 0. The highest BCUT2D eigenvalue weighted by Crippen LogP contribution is 2.20. The molecule has 0 amide bonds. The number of nitrogens with two attached hydrogens (primary N) is 1. The third kappa shape index (κ3) is 2.04. The van der Waals surface area contributed by atoms with Gasteiger partial charge in [-0.05, 0) is 31.7 Å². The van der Waals surface area contributed by atoms with Crippen molar-refractivity contribution in [2.75, 3.05) is 0 Å². The molecule has 2 N–H and O–H groups in total. The summed E-state index contributed by atoms with van der Waals surface area (Å²) in [6, 6.07) is 0.284. The zero-order valence-corrected chi connectivity index (χ0v) is 8.61. The largest absolute Gasteiger partial charge is 0.324 e. The molecule has 1 aromatic rings. The fourth-order valence-electron chi connectivity index (χ4n) is 1.90. The molecule has 76 valence electrons. The number of allylic oxidation sites excluding steroid dienone is 1. The molecule has 1 aromatic heterocycles. The molecule has 14 heavy (non-hydrogen) atoms. The molecule has 1 unspecified atom stereocenters. The Kier molecular flexibility index (Phi) is 2.68. The molecule has 1 aliphatic rings. The number of aryl methyl sites for hydroxylation is 1. The highest BCUT2D eigenvalue weighted by molar-refractivity contribution is 5.21. The van der Waals surface area contributed by atoms with Crippen molar-refractivity contribution in [1.29, 1.82) is 0 Å². The highest BCUT2D eigenvalue weighted by atomic mass is 15.3. The number of hydrogen-bond acceptors (Lipinski definition) is 2. The zero-order valence-electron chi connectivity index (χ0n) is 8.61. The van der Waals surface area contributed by atoms with E-state index >= 15 is 0 Å². The maximum absolute atomic E-state index is 5.81. The molecule has 3 nitrogen and oxygen atoms in total. The maximum atomic E-state index is 5.81. The molecule has 1 atom stereocenters. The number of nitrogens with zero attached hydrogens (tertiary/aromatic N) is 2. The predicted octanol–water partition coefficient (Wildman–Crippen LogP) is 1.49. The average Bonchev–Trinajstić information content (AvgIpc) is 2.76. The Morgan fingerprint density at radius 3 is 3.07 bits per heavy atom.